The van der Waals surface area contributed by atoms with Gasteiger partial charge in [0.2, 0.25) is 5.89 Å². The van der Waals surface area contributed by atoms with E-state index in [0.29, 0.717) is 18.0 Å². The third-order valence-corrected chi connectivity index (χ3v) is 4.40. The third kappa shape index (κ3) is 3.77. The number of halogens is 2. The summed E-state index contributed by atoms with van der Waals surface area (Å²) in [5.74, 6) is -0.328. The molecule has 1 aromatic heterocycles. The average molecular weight is 342 g/mol. The Bertz CT molecular complexity index is 861. The lowest BCUT2D eigenvalue weighted by molar-refractivity contribution is 0.248. The van der Waals surface area contributed by atoms with Gasteiger partial charge in [-0.2, -0.15) is 0 Å². The Morgan fingerprint density at radius 1 is 1.08 bits per heavy atom. The fourth-order valence-electron chi connectivity index (χ4n) is 2.68. The van der Waals surface area contributed by atoms with Crippen molar-refractivity contribution in [1.29, 1.82) is 0 Å². The summed E-state index contributed by atoms with van der Waals surface area (Å²) in [4.78, 5) is 6.61. The summed E-state index contributed by atoms with van der Waals surface area (Å²) in [7, 11) is 1.92. The lowest BCUT2D eigenvalue weighted by Gasteiger charge is -2.24. The van der Waals surface area contributed by atoms with Gasteiger partial charge < -0.3 is 4.42 Å². The zero-order valence-corrected chi connectivity index (χ0v) is 14.5. The molecule has 0 aliphatic heterocycles. The molecule has 130 valence electrons. The second-order valence-corrected chi connectivity index (χ2v) is 6.15. The first-order valence-corrected chi connectivity index (χ1v) is 8.12. The predicted molar refractivity (Wildman–Crippen MR) is 92.9 cm³/mol. The van der Waals surface area contributed by atoms with E-state index >= 15 is 0 Å². The van der Waals surface area contributed by atoms with E-state index in [1.807, 2.05) is 56.1 Å². The lowest BCUT2D eigenvalue weighted by atomic mass is 10.1. The van der Waals surface area contributed by atoms with Crippen molar-refractivity contribution in [2.75, 3.05) is 7.05 Å². The first kappa shape index (κ1) is 17.3. The largest absolute Gasteiger partial charge is 0.441 e. The molecule has 0 saturated carbocycles. The van der Waals surface area contributed by atoms with Gasteiger partial charge in [0.1, 0.15) is 5.76 Å². The molecule has 1 heterocycles. The van der Waals surface area contributed by atoms with Crippen LogP contribution in [-0.4, -0.2) is 16.9 Å². The minimum absolute atomic E-state index is 0.0913. The zero-order valence-electron chi connectivity index (χ0n) is 14.5. The molecule has 0 amide bonds. The molecule has 0 saturated heterocycles. The van der Waals surface area contributed by atoms with Crippen LogP contribution in [0.15, 0.2) is 52.9 Å². The maximum atomic E-state index is 13.5. The molecule has 5 heteroatoms. The molecular formula is C20H20F2N2O. The molecule has 2 aromatic carbocycles. The van der Waals surface area contributed by atoms with Gasteiger partial charge in [0.25, 0.3) is 0 Å². The van der Waals surface area contributed by atoms with Gasteiger partial charge in [-0.25, -0.2) is 13.8 Å². The minimum Gasteiger partial charge on any atom is -0.441 e. The van der Waals surface area contributed by atoms with Crippen molar-refractivity contribution in [3.05, 3.63) is 77.2 Å². The van der Waals surface area contributed by atoms with Gasteiger partial charge in [-0.1, -0.05) is 24.3 Å². The van der Waals surface area contributed by atoms with Crippen molar-refractivity contribution >= 4 is 0 Å². The van der Waals surface area contributed by atoms with E-state index in [9.17, 15) is 8.78 Å². The molecule has 3 rings (SSSR count). The fraction of sp³-hybridized carbons (Fsp3) is 0.250. The second kappa shape index (κ2) is 7.15. The van der Waals surface area contributed by atoms with Gasteiger partial charge in [0.15, 0.2) is 11.6 Å². The highest BCUT2D eigenvalue weighted by Gasteiger charge is 2.18. The topological polar surface area (TPSA) is 29.3 Å². The van der Waals surface area contributed by atoms with Crippen LogP contribution in [0.25, 0.3) is 11.5 Å². The number of benzene rings is 2. The fourth-order valence-corrected chi connectivity index (χ4v) is 2.68. The summed E-state index contributed by atoms with van der Waals surface area (Å²) >= 11 is 0. The number of aryl methyl sites for hydroxylation is 1. The van der Waals surface area contributed by atoms with E-state index in [1.165, 1.54) is 6.07 Å². The van der Waals surface area contributed by atoms with Crippen LogP contribution in [0.1, 0.15) is 30.0 Å². The average Bonchev–Trinajstić information content (AvgIpc) is 2.98. The van der Waals surface area contributed by atoms with Crippen LogP contribution in [-0.2, 0) is 6.54 Å². The van der Waals surface area contributed by atoms with Crippen LogP contribution < -0.4 is 0 Å². The number of nitrogens with zero attached hydrogens (tertiary/aromatic N) is 2. The highest BCUT2D eigenvalue weighted by molar-refractivity contribution is 5.53. The van der Waals surface area contributed by atoms with Gasteiger partial charge in [0, 0.05) is 18.2 Å². The quantitative estimate of drug-likeness (QED) is 0.644. The first-order chi connectivity index (χ1) is 12.0. The molecule has 0 bridgehead atoms. The molecule has 0 fully saturated rings. The Labute approximate surface area is 145 Å². The Kier molecular flexibility index (Phi) is 4.95. The summed E-state index contributed by atoms with van der Waals surface area (Å²) in [6, 6.07) is 13.6. The van der Waals surface area contributed by atoms with Gasteiger partial charge in [-0.3, -0.25) is 4.90 Å². The van der Waals surface area contributed by atoms with Gasteiger partial charge in [-0.15, -0.1) is 0 Å². The van der Waals surface area contributed by atoms with Crippen LogP contribution in [0.3, 0.4) is 0 Å². The van der Waals surface area contributed by atoms with Crippen molar-refractivity contribution in [3.8, 4) is 11.5 Å². The molecule has 1 atom stereocenters. The molecule has 3 nitrogen and oxygen atoms in total. The molecule has 0 spiro atoms. The molecule has 1 unspecified atom stereocenters. The van der Waals surface area contributed by atoms with Crippen molar-refractivity contribution < 1.29 is 13.2 Å². The molecule has 0 radical (unpaired) electrons. The molecule has 0 aliphatic rings. The highest BCUT2D eigenvalue weighted by atomic mass is 19.2. The number of rotatable bonds is 5. The lowest BCUT2D eigenvalue weighted by Crippen LogP contribution is -2.22. The number of hydrogen-bond donors (Lipinski definition) is 0. The smallest absolute Gasteiger partial charge is 0.226 e. The maximum Gasteiger partial charge on any atom is 0.226 e. The van der Waals surface area contributed by atoms with Crippen LogP contribution >= 0.6 is 0 Å². The third-order valence-electron chi connectivity index (χ3n) is 4.40. The van der Waals surface area contributed by atoms with Crippen LogP contribution in [0.5, 0.6) is 0 Å². The van der Waals surface area contributed by atoms with Gasteiger partial charge in [0.05, 0.1) is 5.69 Å². The van der Waals surface area contributed by atoms with Gasteiger partial charge >= 0.3 is 0 Å². The summed E-state index contributed by atoms with van der Waals surface area (Å²) in [5.41, 5.74) is 2.47. The van der Waals surface area contributed by atoms with Crippen molar-refractivity contribution in [2.24, 2.45) is 0 Å². The number of hydrogen-bond acceptors (Lipinski definition) is 3. The molecule has 3 aromatic rings. The normalized spacial score (nSPS) is 12.6. The Balaban J connectivity index is 1.77. The van der Waals surface area contributed by atoms with Crippen LogP contribution in [0, 0.1) is 18.6 Å². The summed E-state index contributed by atoms with van der Waals surface area (Å²) in [5, 5.41) is 0. The van der Waals surface area contributed by atoms with E-state index in [-0.39, 0.29) is 6.04 Å². The number of aromatic nitrogens is 1. The van der Waals surface area contributed by atoms with Crippen molar-refractivity contribution in [1.82, 2.24) is 9.88 Å². The Morgan fingerprint density at radius 3 is 2.48 bits per heavy atom. The first-order valence-electron chi connectivity index (χ1n) is 8.12. The minimum atomic E-state index is -0.835. The van der Waals surface area contributed by atoms with Crippen LogP contribution in [0.4, 0.5) is 8.78 Å². The summed E-state index contributed by atoms with van der Waals surface area (Å²) < 4.78 is 32.4. The Morgan fingerprint density at radius 2 is 1.80 bits per heavy atom. The highest BCUT2D eigenvalue weighted by Crippen LogP contribution is 2.26. The Hall–Kier alpha value is -2.53. The van der Waals surface area contributed by atoms with Crippen molar-refractivity contribution in [2.45, 2.75) is 26.4 Å². The van der Waals surface area contributed by atoms with E-state index < -0.39 is 11.6 Å². The molecule has 0 aliphatic carbocycles. The SMILES string of the molecule is Cc1oc(-c2ccccc2)nc1CN(C)C(C)c1ccc(F)c(F)c1. The number of oxazole rings is 1. The molecular weight excluding hydrogens is 322 g/mol. The summed E-state index contributed by atoms with van der Waals surface area (Å²) in [6.07, 6.45) is 0. The second-order valence-electron chi connectivity index (χ2n) is 6.15. The molecule has 25 heavy (non-hydrogen) atoms. The monoisotopic (exact) mass is 342 g/mol. The summed E-state index contributed by atoms with van der Waals surface area (Å²) in [6.45, 7) is 4.37. The van der Waals surface area contributed by atoms with E-state index in [0.717, 1.165) is 23.1 Å². The van der Waals surface area contributed by atoms with Crippen LogP contribution in [0.2, 0.25) is 0 Å². The standard InChI is InChI=1S/C20H20F2N2O/c1-13(16-9-10-17(21)18(22)11-16)24(3)12-19-14(2)25-20(23-19)15-7-5-4-6-8-15/h4-11,13H,12H2,1-3H3. The van der Waals surface area contributed by atoms with E-state index in [4.69, 9.17) is 4.42 Å². The zero-order chi connectivity index (χ0) is 18.0. The molecule has 0 N–H and O–H groups in total. The maximum absolute atomic E-state index is 13.5. The predicted octanol–water partition coefficient (Wildman–Crippen LogP) is 5.12. The van der Waals surface area contributed by atoms with E-state index in [1.54, 1.807) is 6.07 Å². The van der Waals surface area contributed by atoms with Crippen molar-refractivity contribution in [3.63, 3.8) is 0 Å². The van der Waals surface area contributed by atoms with Gasteiger partial charge in [-0.05, 0) is 50.7 Å². The van der Waals surface area contributed by atoms with E-state index in [2.05, 4.69) is 4.98 Å².